The Kier molecular flexibility index (Phi) is 5.73. The van der Waals surface area contributed by atoms with E-state index in [1.165, 1.54) is 10.6 Å². The molecule has 0 fully saturated rings. The van der Waals surface area contributed by atoms with Gasteiger partial charge in [0.1, 0.15) is 9.79 Å². The lowest BCUT2D eigenvalue weighted by molar-refractivity contribution is 0.0588. The van der Waals surface area contributed by atoms with Crippen molar-refractivity contribution in [2.75, 3.05) is 18.6 Å². The summed E-state index contributed by atoms with van der Waals surface area (Å²) < 4.78 is 59.0. The summed E-state index contributed by atoms with van der Waals surface area (Å²) in [5.74, 6) is -1.41. The van der Waals surface area contributed by atoms with Gasteiger partial charge in [-0.3, -0.25) is 0 Å². The number of esters is 1. The lowest BCUT2D eigenvalue weighted by atomic mass is 10.1. The third-order valence-electron chi connectivity index (χ3n) is 4.68. The van der Waals surface area contributed by atoms with Crippen LogP contribution >= 0.6 is 0 Å². The maximum atomic E-state index is 13.3. The van der Waals surface area contributed by atoms with Crippen LogP contribution in [0.3, 0.4) is 0 Å². The molecule has 3 rings (SSSR count). The zero-order valence-electron chi connectivity index (χ0n) is 16.5. The molecule has 0 aliphatic carbocycles. The predicted molar refractivity (Wildman–Crippen MR) is 111 cm³/mol. The van der Waals surface area contributed by atoms with Gasteiger partial charge in [-0.05, 0) is 24.3 Å². The van der Waals surface area contributed by atoms with Crippen LogP contribution in [0.5, 0.6) is 0 Å². The standard InChI is InChI=1S/C20H23NO6S2/c1-4-12-28(23,24)18-16-15-9-7-6-8-14(15)10-11-21(16)17(20(22)27-3)19(18)29(25,26)13-5-2/h6-11H,4-5,12-13H2,1-3H3. The molecule has 29 heavy (non-hydrogen) atoms. The molecular weight excluding hydrogens is 414 g/mol. The summed E-state index contributed by atoms with van der Waals surface area (Å²) in [7, 11) is -6.91. The van der Waals surface area contributed by atoms with Gasteiger partial charge in [0.05, 0.1) is 24.1 Å². The summed E-state index contributed by atoms with van der Waals surface area (Å²) in [6.45, 7) is 3.39. The normalized spacial score (nSPS) is 12.5. The molecule has 0 saturated carbocycles. The van der Waals surface area contributed by atoms with Crippen molar-refractivity contribution in [2.24, 2.45) is 0 Å². The average molecular weight is 438 g/mol. The number of fused-ring (bicyclic) bond motifs is 3. The van der Waals surface area contributed by atoms with E-state index >= 15 is 0 Å². The first kappa shape index (κ1) is 21.3. The maximum Gasteiger partial charge on any atom is 0.356 e. The van der Waals surface area contributed by atoms with Crippen LogP contribution in [0.4, 0.5) is 0 Å². The molecule has 0 saturated heterocycles. The van der Waals surface area contributed by atoms with Crippen LogP contribution in [0.2, 0.25) is 0 Å². The largest absolute Gasteiger partial charge is 0.464 e. The van der Waals surface area contributed by atoms with E-state index in [2.05, 4.69) is 0 Å². The Hall–Kier alpha value is -2.39. The molecule has 0 unspecified atom stereocenters. The van der Waals surface area contributed by atoms with Crippen LogP contribution in [0.15, 0.2) is 46.3 Å². The van der Waals surface area contributed by atoms with Crippen molar-refractivity contribution in [1.29, 1.82) is 0 Å². The van der Waals surface area contributed by atoms with Crippen molar-refractivity contribution in [3.05, 3.63) is 42.2 Å². The molecule has 0 N–H and O–H groups in total. The van der Waals surface area contributed by atoms with Gasteiger partial charge in [0.2, 0.25) is 0 Å². The van der Waals surface area contributed by atoms with Crippen molar-refractivity contribution in [1.82, 2.24) is 4.40 Å². The maximum absolute atomic E-state index is 13.3. The number of pyridine rings is 1. The van der Waals surface area contributed by atoms with Gasteiger partial charge < -0.3 is 9.14 Å². The molecule has 2 heterocycles. The number of carbonyl (C=O) groups excluding carboxylic acids is 1. The topological polar surface area (TPSA) is 99.0 Å². The third kappa shape index (κ3) is 3.53. The van der Waals surface area contributed by atoms with Crippen LogP contribution in [0, 0.1) is 0 Å². The van der Waals surface area contributed by atoms with Gasteiger partial charge >= 0.3 is 5.97 Å². The molecule has 0 amide bonds. The average Bonchev–Trinajstić information content (AvgIpc) is 3.05. The van der Waals surface area contributed by atoms with Gasteiger partial charge in [-0.2, -0.15) is 0 Å². The second-order valence-corrected chi connectivity index (χ2v) is 10.8. The van der Waals surface area contributed by atoms with E-state index in [0.717, 1.165) is 12.5 Å². The number of rotatable bonds is 7. The number of methoxy groups -OCH3 is 1. The zero-order chi connectivity index (χ0) is 21.4. The molecule has 1 aromatic carbocycles. The summed E-state index contributed by atoms with van der Waals surface area (Å²) in [6, 6.07) is 8.77. The number of aromatic nitrogens is 1. The Balaban J connectivity index is 2.68. The third-order valence-corrected chi connectivity index (χ3v) is 8.74. The summed E-state index contributed by atoms with van der Waals surface area (Å²) in [5, 5.41) is 1.29. The fourth-order valence-electron chi connectivity index (χ4n) is 3.57. The fraction of sp³-hybridized carbons (Fsp3) is 0.350. The van der Waals surface area contributed by atoms with E-state index < -0.39 is 30.5 Å². The van der Waals surface area contributed by atoms with E-state index in [1.54, 1.807) is 44.2 Å². The number of ether oxygens (including phenoxy) is 1. The van der Waals surface area contributed by atoms with Crippen LogP contribution in [0.1, 0.15) is 37.2 Å². The minimum atomic E-state index is -4.06. The highest BCUT2D eigenvalue weighted by molar-refractivity contribution is 7.94. The number of hydrogen-bond donors (Lipinski definition) is 0. The minimum absolute atomic E-state index is 0.187. The van der Waals surface area contributed by atoms with E-state index in [9.17, 15) is 21.6 Å². The molecule has 0 radical (unpaired) electrons. The molecule has 2 aromatic heterocycles. The predicted octanol–water partition coefficient (Wildman–Crippen LogP) is 3.25. The molecule has 9 heteroatoms. The highest BCUT2D eigenvalue weighted by atomic mass is 32.2. The summed E-state index contributed by atoms with van der Waals surface area (Å²) in [6.07, 6.45) is 2.11. The molecule has 0 aliphatic heterocycles. The van der Waals surface area contributed by atoms with E-state index in [4.69, 9.17) is 4.74 Å². The zero-order valence-corrected chi connectivity index (χ0v) is 18.1. The monoisotopic (exact) mass is 437 g/mol. The minimum Gasteiger partial charge on any atom is -0.464 e. The lowest BCUT2D eigenvalue weighted by Gasteiger charge is -2.08. The Morgan fingerprint density at radius 2 is 1.52 bits per heavy atom. The van der Waals surface area contributed by atoms with E-state index in [-0.39, 0.29) is 34.0 Å². The van der Waals surface area contributed by atoms with E-state index in [1.807, 2.05) is 0 Å². The molecule has 0 spiro atoms. The summed E-state index contributed by atoms with van der Waals surface area (Å²) >= 11 is 0. The number of benzene rings is 1. The summed E-state index contributed by atoms with van der Waals surface area (Å²) in [5.41, 5.74) is -0.0944. The van der Waals surface area contributed by atoms with Gasteiger partial charge in [0.25, 0.3) is 0 Å². The van der Waals surface area contributed by atoms with Gasteiger partial charge in [-0.1, -0.05) is 38.1 Å². The Labute approximate surface area is 170 Å². The molecule has 7 nitrogen and oxygen atoms in total. The molecular formula is C20H23NO6S2. The number of nitrogens with zero attached hydrogens (tertiary/aromatic N) is 1. The van der Waals surface area contributed by atoms with Crippen LogP contribution in [-0.2, 0) is 24.4 Å². The molecule has 3 aromatic rings. The Morgan fingerprint density at radius 3 is 2.10 bits per heavy atom. The Morgan fingerprint density at radius 1 is 0.931 bits per heavy atom. The quantitative estimate of drug-likeness (QED) is 0.526. The number of carbonyl (C=O) groups is 1. The van der Waals surface area contributed by atoms with Crippen molar-refractivity contribution < 1.29 is 26.4 Å². The van der Waals surface area contributed by atoms with Gasteiger partial charge in [-0.25, -0.2) is 21.6 Å². The van der Waals surface area contributed by atoms with Crippen molar-refractivity contribution >= 4 is 41.9 Å². The Bertz CT molecular complexity index is 1300. The van der Waals surface area contributed by atoms with Gasteiger partial charge in [0.15, 0.2) is 25.4 Å². The lowest BCUT2D eigenvalue weighted by Crippen LogP contribution is -2.17. The van der Waals surface area contributed by atoms with Gasteiger partial charge in [0, 0.05) is 11.6 Å². The highest BCUT2D eigenvalue weighted by Gasteiger charge is 2.38. The second-order valence-electron chi connectivity index (χ2n) is 6.76. The fourth-order valence-corrected chi connectivity index (χ4v) is 7.55. The highest BCUT2D eigenvalue weighted by Crippen LogP contribution is 2.38. The van der Waals surface area contributed by atoms with Crippen molar-refractivity contribution in [2.45, 2.75) is 36.5 Å². The molecule has 0 atom stereocenters. The molecule has 0 aliphatic rings. The molecule has 0 bridgehead atoms. The van der Waals surface area contributed by atoms with Gasteiger partial charge in [-0.15, -0.1) is 0 Å². The molecule has 156 valence electrons. The smallest absolute Gasteiger partial charge is 0.356 e. The number of hydrogen-bond acceptors (Lipinski definition) is 6. The van der Waals surface area contributed by atoms with E-state index in [0.29, 0.717) is 11.8 Å². The van der Waals surface area contributed by atoms with Crippen LogP contribution in [-0.4, -0.2) is 45.8 Å². The second kappa shape index (κ2) is 7.79. The SMILES string of the molecule is CCCS(=O)(=O)c1c(S(=O)(=O)CCC)c2c3ccccc3ccn2c1C(=O)OC. The first-order chi connectivity index (χ1) is 13.7. The summed E-state index contributed by atoms with van der Waals surface area (Å²) in [4.78, 5) is 11.9. The first-order valence-electron chi connectivity index (χ1n) is 9.29. The van der Waals surface area contributed by atoms with Crippen LogP contribution in [0.25, 0.3) is 16.3 Å². The van der Waals surface area contributed by atoms with Crippen molar-refractivity contribution in [3.63, 3.8) is 0 Å². The van der Waals surface area contributed by atoms with Crippen molar-refractivity contribution in [3.8, 4) is 0 Å². The first-order valence-corrected chi connectivity index (χ1v) is 12.6. The van der Waals surface area contributed by atoms with Crippen LogP contribution < -0.4 is 0 Å². The number of sulfone groups is 2.